The van der Waals surface area contributed by atoms with E-state index in [0.717, 1.165) is 11.1 Å². The van der Waals surface area contributed by atoms with E-state index in [4.69, 9.17) is 4.74 Å². The van der Waals surface area contributed by atoms with Gasteiger partial charge in [-0.05, 0) is 30.3 Å². The lowest BCUT2D eigenvalue weighted by molar-refractivity contribution is -0.384. The summed E-state index contributed by atoms with van der Waals surface area (Å²) < 4.78 is 5.18. The highest BCUT2D eigenvalue weighted by Gasteiger charge is 2.13. The number of hydrogen-bond acceptors (Lipinski definition) is 5. The van der Waals surface area contributed by atoms with Crippen LogP contribution >= 0.6 is 0 Å². The summed E-state index contributed by atoms with van der Waals surface area (Å²) >= 11 is 0. The second-order valence-corrected chi connectivity index (χ2v) is 5.80. The largest absolute Gasteiger partial charge is 0.497 e. The molecule has 7 heteroatoms. The number of carbonyl (C=O) groups excluding carboxylic acids is 1. The van der Waals surface area contributed by atoms with Crippen molar-refractivity contribution in [2.45, 2.75) is 0 Å². The number of nitro groups is 1. The van der Waals surface area contributed by atoms with Gasteiger partial charge in [-0.2, -0.15) is 5.10 Å². The fraction of sp³-hybridized carbons (Fsp3) is 0.0476. The maximum atomic E-state index is 12.4. The number of ether oxygens (including phenoxy) is 1. The van der Waals surface area contributed by atoms with Crippen LogP contribution in [0.2, 0.25) is 0 Å². The number of amides is 1. The highest BCUT2D eigenvalue weighted by atomic mass is 16.6. The summed E-state index contributed by atoms with van der Waals surface area (Å²) in [6.45, 7) is 0. The predicted molar refractivity (Wildman–Crippen MR) is 106 cm³/mol. The Labute approximate surface area is 161 Å². The van der Waals surface area contributed by atoms with Crippen LogP contribution < -0.4 is 10.2 Å². The summed E-state index contributed by atoms with van der Waals surface area (Å²) in [5.41, 5.74) is 4.63. The van der Waals surface area contributed by atoms with Crippen LogP contribution in [0, 0.1) is 10.1 Å². The number of non-ortho nitro benzene ring substituents is 1. The molecule has 0 saturated heterocycles. The molecule has 3 aromatic rings. The third-order valence-electron chi connectivity index (χ3n) is 4.00. The number of benzene rings is 3. The maximum absolute atomic E-state index is 12.4. The smallest absolute Gasteiger partial charge is 0.271 e. The van der Waals surface area contributed by atoms with Crippen LogP contribution in [-0.4, -0.2) is 23.7 Å². The van der Waals surface area contributed by atoms with E-state index in [2.05, 4.69) is 10.5 Å². The normalized spacial score (nSPS) is 11.0. The average molecular weight is 375 g/mol. The van der Waals surface area contributed by atoms with E-state index in [0.29, 0.717) is 11.5 Å². The van der Waals surface area contributed by atoms with Gasteiger partial charge in [0.25, 0.3) is 11.6 Å². The van der Waals surface area contributed by atoms with E-state index in [9.17, 15) is 14.9 Å². The topological polar surface area (TPSA) is 93.8 Å². The molecular weight excluding hydrogens is 358 g/mol. The van der Waals surface area contributed by atoms with Crippen LogP contribution in [0.25, 0.3) is 0 Å². The van der Waals surface area contributed by atoms with Gasteiger partial charge < -0.3 is 4.74 Å². The van der Waals surface area contributed by atoms with E-state index >= 15 is 0 Å². The molecule has 0 aliphatic heterocycles. The van der Waals surface area contributed by atoms with Crippen molar-refractivity contribution in [3.63, 3.8) is 0 Å². The highest BCUT2D eigenvalue weighted by Crippen LogP contribution is 2.16. The van der Waals surface area contributed by atoms with Gasteiger partial charge in [-0.25, -0.2) is 5.43 Å². The molecule has 0 aliphatic carbocycles. The monoisotopic (exact) mass is 375 g/mol. The van der Waals surface area contributed by atoms with Gasteiger partial charge in [0, 0.05) is 28.8 Å². The molecule has 0 unspecified atom stereocenters. The summed E-state index contributed by atoms with van der Waals surface area (Å²) in [6.07, 6.45) is 0. The molecule has 0 atom stereocenters. The van der Waals surface area contributed by atoms with Gasteiger partial charge in [-0.15, -0.1) is 0 Å². The first kappa shape index (κ1) is 18.8. The Hall–Kier alpha value is -4.00. The lowest BCUT2D eigenvalue weighted by atomic mass is 10.0. The Morgan fingerprint density at radius 1 is 0.929 bits per heavy atom. The summed E-state index contributed by atoms with van der Waals surface area (Å²) in [4.78, 5) is 22.8. The third kappa shape index (κ3) is 4.39. The molecule has 1 amide bonds. The molecular formula is C21H17N3O4. The third-order valence-corrected chi connectivity index (χ3v) is 4.00. The van der Waals surface area contributed by atoms with Crippen LogP contribution in [0.1, 0.15) is 21.5 Å². The SMILES string of the molecule is COc1ccc(/C(=N\NC(=O)c2cccc([N+](=O)[O-])c2)c2ccccc2)cc1. The summed E-state index contributed by atoms with van der Waals surface area (Å²) in [6, 6.07) is 22.1. The van der Waals surface area contributed by atoms with E-state index in [1.54, 1.807) is 19.2 Å². The molecule has 0 saturated carbocycles. The van der Waals surface area contributed by atoms with Crippen molar-refractivity contribution in [1.82, 2.24) is 5.43 Å². The minimum Gasteiger partial charge on any atom is -0.497 e. The van der Waals surface area contributed by atoms with Crippen molar-refractivity contribution in [2.75, 3.05) is 7.11 Å². The van der Waals surface area contributed by atoms with Gasteiger partial charge in [0.15, 0.2) is 0 Å². The maximum Gasteiger partial charge on any atom is 0.271 e. The van der Waals surface area contributed by atoms with Crippen LogP contribution in [0.4, 0.5) is 5.69 Å². The molecule has 0 fully saturated rings. The Balaban J connectivity index is 1.91. The first-order chi connectivity index (χ1) is 13.6. The lowest BCUT2D eigenvalue weighted by Gasteiger charge is -2.09. The molecule has 7 nitrogen and oxygen atoms in total. The van der Waals surface area contributed by atoms with Crippen molar-refractivity contribution >= 4 is 17.3 Å². The summed E-state index contributed by atoms with van der Waals surface area (Å²) in [5, 5.41) is 15.2. The van der Waals surface area contributed by atoms with Crippen molar-refractivity contribution in [1.29, 1.82) is 0 Å². The van der Waals surface area contributed by atoms with Gasteiger partial charge in [0.2, 0.25) is 0 Å². The molecule has 3 rings (SSSR count). The minimum atomic E-state index is -0.549. The zero-order valence-electron chi connectivity index (χ0n) is 15.0. The van der Waals surface area contributed by atoms with Gasteiger partial charge in [-0.3, -0.25) is 14.9 Å². The second-order valence-electron chi connectivity index (χ2n) is 5.80. The number of methoxy groups -OCH3 is 1. The van der Waals surface area contributed by atoms with E-state index < -0.39 is 10.8 Å². The first-order valence-corrected chi connectivity index (χ1v) is 8.41. The van der Waals surface area contributed by atoms with Crippen molar-refractivity contribution < 1.29 is 14.5 Å². The van der Waals surface area contributed by atoms with Crippen molar-refractivity contribution in [2.24, 2.45) is 5.10 Å². The number of carbonyl (C=O) groups is 1. The molecule has 0 heterocycles. The highest BCUT2D eigenvalue weighted by molar-refractivity contribution is 6.13. The first-order valence-electron chi connectivity index (χ1n) is 8.41. The van der Waals surface area contributed by atoms with Crippen LogP contribution in [0.5, 0.6) is 5.75 Å². The zero-order valence-corrected chi connectivity index (χ0v) is 15.0. The van der Waals surface area contributed by atoms with E-state index in [1.165, 1.54) is 24.3 Å². The van der Waals surface area contributed by atoms with Crippen molar-refractivity contribution in [3.8, 4) is 5.75 Å². The molecule has 3 aromatic carbocycles. The Morgan fingerprint density at radius 3 is 2.21 bits per heavy atom. The Bertz CT molecular complexity index is 1020. The molecule has 0 radical (unpaired) electrons. The van der Waals surface area contributed by atoms with Gasteiger partial charge in [-0.1, -0.05) is 36.4 Å². The number of rotatable bonds is 6. The van der Waals surface area contributed by atoms with Crippen LogP contribution in [-0.2, 0) is 0 Å². The lowest BCUT2D eigenvalue weighted by Crippen LogP contribution is -2.20. The predicted octanol–water partition coefficient (Wildman–Crippen LogP) is 3.79. The second kappa shape index (κ2) is 8.59. The van der Waals surface area contributed by atoms with Gasteiger partial charge >= 0.3 is 0 Å². The molecule has 0 spiro atoms. The standard InChI is InChI=1S/C21H17N3O4/c1-28-19-12-10-16(11-13-19)20(15-6-3-2-4-7-15)22-23-21(25)17-8-5-9-18(14-17)24(26)27/h2-14H,1H3,(H,23,25)/b22-20-. The zero-order chi connectivity index (χ0) is 19.9. The average Bonchev–Trinajstić information content (AvgIpc) is 2.75. The number of nitrogens with zero attached hydrogens (tertiary/aromatic N) is 2. The van der Waals surface area contributed by atoms with Gasteiger partial charge in [0.05, 0.1) is 17.7 Å². The van der Waals surface area contributed by atoms with E-state index in [1.807, 2.05) is 42.5 Å². The van der Waals surface area contributed by atoms with E-state index in [-0.39, 0.29) is 11.3 Å². The Morgan fingerprint density at radius 2 is 1.57 bits per heavy atom. The minimum absolute atomic E-state index is 0.153. The van der Waals surface area contributed by atoms with Crippen LogP contribution in [0.15, 0.2) is 84.0 Å². The molecule has 1 N–H and O–H groups in total. The molecule has 140 valence electrons. The molecule has 0 bridgehead atoms. The number of hydrogen-bond donors (Lipinski definition) is 1. The van der Waals surface area contributed by atoms with Crippen LogP contribution in [0.3, 0.4) is 0 Å². The molecule has 28 heavy (non-hydrogen) atoms. The number of nitrogens with one attached hydrogen (secondary N) is 1. The van der Waals surface area contributed by atoms with Crippen molar-refractivity contribution in [3.05, 3.63) is 106 Å². The Kier molecular flexibility index (Phi) is 5.76. The fourth-order valence-electron chi connectivity index (χ4n) is 2.57. The van der Waals surface area contributed by atoms with Gasteiger partial charge in [0.1, 0.15) is 5.75 Å². The number of nitro benzene ring substituents is 1. The molecule has 0 aromatic heterocycles. The summed E-state index contributed by atoms with van der Waals surface area (Å²) in [5.74, 6) is 0.169. The fourth-order valence-corrected chi connectivity index (χ4v) is 2.57. The summed E-state index contributed by atoms with van der Waals surface area (Å²) in [7, 11) is 1.58. The quantitative estimate of drug-likeness (QED) is 0.403. The number of hydrazone groups is 1. The molecule has 0 aliphatic rings.